The molecule has 1 N–H and O–H groups in total. The molecule has 96 valence electrons. The van der Waals surface area contributed by atoms with E-state index in [4.69, 9.17) is 11.6 Å². The van der Waals surface area contributed by atoms with Crippen molar-refractivity contribution >= 4 is 11.6 Å². The molecule has 2 rings (SSSR count). The number of nitrogens with zero attached hydrogens (tertiary/aromatic N) is 2. The third-order valence-corrected chi connectivity index (χ3v) is 3.36. The highest BCUT2D eigenvalue weighted by Crippen LogP contribution is 2.28. The summed E-state index contributed by atoms with van der Waals surface area (Å²) < 4.78 is 1.88. The van der Waals surface area contributed by atoms with E-state index in [0.29, 0.717) is 0 Å². The van der Waals surface area contributed by atoms with E-state index in [1.54, 1.807) is 0 Å². The Hall–Kier alpha value is -1.32. The Bertz CT molecular complexity index is 534. The van der Waals surface area contributed by atoms with Gasteiger partial charge >= 0.3 is 0 Å². The van der Waals surface area contributed by atoms with Crippen molar-refractivity contribution in [3.63, 3.8) is 0 Å². The lowest BCUT2D eigenvalue weighted by atomic mass is 10.0. The Morgan fingerprint density at radius 3 is 2.72 bits per heavy atom. The van der Waals surface area contributed by atoms with Gasteiger partial charge in [0, 0.05) is 18.3 Å². The molecule has 2 aromatic rings. The average Bonchev–Trinajstić information content (AvgIpc) is 2.73. The summed E-state index contributed by atoms with van der Waals surface area (Å²) >= 11 is 6.36. The lowest BCUT2D eigenvalue weighted by Crippen LogP contribution is -2.24. The van der Waals surface area contributed by atoms with Crippen molar-refractivity contribution in [2.75, 3.05) is 6.54 Å². The molecular weight excluding hydrogens is 246 g/mol. The van der Waals surface area contributed by atoms with Crippen LogP contribution in [0, 0.1) is 6.92 Å². The van der Waals surface area contributed by atoms with Crippen LogP contribution in [-0.2, 0) is 7.05 Å². The first-order valence-electron chi connectivity index (χ1n) is 6.10. The molecular formula is C14H18ClN3. The summed E-state index contributed by atoms with van der Waals surface area (Å²) in [7, 11) is 1.95. The zero-order chi connectivity index (χ0) is 13.1. The van der Waals surface area contributed by atoms with Gasteiger partial charge in [-0.05, 0) is 36.7 Å². The van der Waals surface area contributed by atoms with Gasteiger partial charge in [0.25, 0.3) is 0 Å². The van der Waals surface area contributed by atoms with Gasteiger partial charge < -0.3 is 5.32 Å². The van der Waals surface area contributed by atoms with Gasteiger partial charge in [-0.25, -0.2) is 0 Å². The van der Waals surface area contributed by atoms with Crippen molar-refractivity contribution in [1.29, 1.82) is 0 Å². The van der Waals surface area contributed by atoms with Crippen LogP contribution in [0.1, 0.15) is 29.8 Å². The molecule has 0 saturated heterocycles. The van der Waals surface area contributed by atoms with Crippen molar-refractivity contribution in [3.05, 3.63) is 52.3 Å². The summed E-state index contributed by atoms with van der Waals surface area (Å²) in [6, 6.07) is 8.26. The standard InChI is InChI=1S/C14H18ClN3/c1-4-16-14(13-7-8-17-18(13)3)11-6-5-10(2)9-12(11)15/h5-9,14,16H,4H2,1-3H3. The van der Waals surface area contributed by atoms with Crippen LogP contribution < -0.4 is 5.32 Å². The van der Waals surface area contributed by atoms with Crippen LogP contribution in [-0.4, -0.2) is 16.3 Å². The largest absolute Gasteiger partial charge is 0.305 e. The molecule has 0 aliphatic rings. The number of rotatable bonds is 4. The maximum absolute atomic E-state index is 6.36. The van der Waals surface area contributed by atoms with Crippen LogP contribution in [0.5, 0.6) is 0 Å². The van der Waals surface area contributed by atoms with Gasteiger partial charge in [-0.3, -0.25) is 4.68 Å². The third kappa shape index (κ3) is 2.57. The van der Waals surface area contributed by atoms with Gasteiger partial charge in [-0.1, -0.05) is 30.7 Å². The van der Waals surface area contributed by atoms with Crippen LogP contribution in [0.15, 0.2) is 30.5 Å². The molecule has 0 amide bonds. The quantitative estimate of drug-likeness (QED) is 0.919. The summed E-state index contributed by atoms with van der Waals surface area (Å²) in [6.07, 6.45) is 1.81. The van der Waals surface area contributed by atoms with Gasteiger partial charge in [-0.15, -0.1) is 0 Å². The molecule has 0 fully saturated rings. The molecule has 1 atom stereocenters. The molecule has 0 radical (unpaired) electrons. The molecule has 0 aliphatic carbocycles. The molecule has 3 nitrogen and oxygen atoms in total. The molecule has 0 saturated carbocycles. The Kier molecular flexibility index (Phi) is 4.04. The highest BCUT2D eigenvalue weighted by Gasteiger charge is 2.18. The van der Waals surface area contributed by atoms with Crippen LogP contribution in [0.4, 0.5) is 0 Å². The van der Waals surface area contributed by atoms with Gasteiger partial charge in [0.2, 0.25) is 0 Å². The lowest BCUT2D eigenvalue weighted by molar-refractivity contribution is 0.573. The Balaban J connectivity index is 2.45. The van der Waals surface area contributed by atoms with E-state index >= 15 is 0 Å². The third-order valence-electron chi connectivity index (χ3n) is 3.03. The second kappa shape index (κ2) is 5.55. The fraction of sp³-hybridized carbons (Fsp3) is 0.357. The number of nitrogens with one attached hydrogen (secondary N) is 1. The summed E-state index contributed by atoms with van der Waals surface area (Å²) in [5.41, 5.74) is 3.37. The van der Waals surface area contributed by atoms with Crippen molar-refractivity contribution in [1.82, 2.24) is 15.1 Å². The predicted molar refractivity (Wildman–Crippen MR) is 74.9 cm³/mol. The van der Waals surface area contributed by atoms with E-state index in [1.807, 2.05) is 37.0 Å². The van der Waals surface area contributed by atoms with Crippen molar-refractivity contribution < 1.29 is 0 Å². The number of aromatic nitrogens is 2. The Labute approximate surface area is 113 Å². The number of aryl methyl sites for hydroxylation is 2. The molecule has 0 spiro atoms. The summed E-state index contributed by atoms with van der Waals surface area (Å²) in [4.78, 5) is 0. The predicted octanol–water partition coefficient (Wildman–Crippen LogP) is 3.08. The molecule has 0 aliphatic heterocycles. The summed E-state index contributed by atoms with van der Waals surface area (Å²) in [5.74, 6) is 0. The number of hydrogen-bond acceptors (Lipinski definition) is 2. The summed E-state index contributed by atoms with van der Waals surface area (Å²) in [5, 5.41) is 8.48. The van der Waals surface area contributed by atoms with Gasteiger partial charge in [-0.2, -0.15) is 5.10 Å². The maximum atomic E-state index is 6.36. The van der Waals surface area contributed by atoms with Gasteiger partial charge in [0.15, 0.2) is 0 Å². The first kappa shape index (κ1) is 13.1. The van der Waals surface area contributed by atoms with Gasteiger partial charge in [0.05, 0.1) is 11.7 Å². The minimum Gasteiger partial charge on any atom is -0.305 e. The van der Waals surface area contributed by atoms with E-state index in [-0.39, 0.29) is 6.04 Å². The zero-order valence-corrected chi connectivity index (χ0v) is 11.7. The van der Waals surface area contributed by atoms with Crippen LogP contribution >= 0.6 is 11.6 Å². The minimum atomic E-state index is 0.0793. The molecule has 1 aromatic heterocycles. The van der Waals surface area contributed by atoms with Crippen molar-refractivity contribution in [2.24, 2.45) is 7.05 Å². The molecule has 1 heterocycles. The first-order valence-corrected chi connectivity index (χ1v) is 6.48. The van der Waals surface area contributed by atoms with E-state index in [9.17, 15) is 0 Å². The number of hydrogen-bond donors (Lipinski definition) is 1. The normalized spacial score (nSPS) is 12.7. The van der Waals surface area contributed by atoms with Crippen LogP contribution in [0.25, 0.3) is 0 Å². The second-order valence-electron chi connectivity index (χ2n) is 4.40. The molecule has 1 aromatic carbocycles. The van der Waals surface area contributed by atoms with Crippen LogP contribution in [0.3, 0.4) is 0 Å². The second-order valence-corrected chi connectivity index (χ2v) is 4.80. The highest BCUT2D eigenvalue weighted by atomic mass is 35.5. The smallest absolute Gasteiger partial charge is 0.0762 e. The zero-order valence-electron chi connectivity index (χ0n) is 10.9. The maximum Gasteiger partial charge on any atom is 0.0762 e. The number of benzene rings is 1. The molecule has 1 unspecified atom stereocenters. The SMILES string of the molecule is CCNC(c1ccc(C)cc1Cl)c1ccnn1C. The highest BCUT2D eigenvalue weighted by molar-refractivity contribution is 6.31. The van der Waals surface area contributed by atoms with E-state index in [2.05, 4.69) is 29.5 Å². The Morgan fingerprint density at radius 2 is 2.17 bits per heavy atom. The number of halogens is 1. The van der Waals surface area contributed by atoms with E-state index in [0.717, 1.165) is 22.8 Å². The molecule has 18 heavy (non-hydrogen) atoms. The summed E-state index contributed by atoms with van der Waals surface area (Å²) in [6.45, 7) is 5.01. The molecule has 0 bridgehead atoms. The fourth-order valence-corrected chi connectivity index (χ4v) is 2.46. The lowest BCUT2D eigenvalue weighted by Gasteiger charge is -2.20. The van der Waals surface area contributed by atoms with E-state index in [1.165, 1.54) is 5.56 Å². The Morgan fingerprint density at radius 1 is 1.39 bits per heavy atom. The minimum absolute atomic E-state index is 0.0793. The fourth-order valence-electron chi connectivity index (χ4n) is 2.11. The van der Waals surface area contributed by atoms with Crippen molar-refractivity contribution in [2.45, 2.75) is 19.9 Å². The monoisotopic (exact) mass is 263 g/mol. The average molecular weight is 264 g/mol. The van der Waals surface area contributed by atoms with Gasteiger partial charge in [0.1, 0.15) is 0 Å². The van der Waals surface area contributed by atoms with E-state index < -0.39 is 0 Å². The first-order chi connectivity index (χ1) is 8.63. The topological polar surface area (TPSA) is 29.9 Å². The van der Waals surface area contributed by atoms with Crippen molar-refractivity contribution in [3.8, 4) is 0 Å². The van der Waals surface area contributed by atoms with Crippen LogP contribution in [0.2, 0.25) is 5.02 Å². The molecule has 4 heteroatoms.